The third-order valence-corrected chi connectivity index (χ3v) is 2.33. The number of hydrogen-bond acceptors (Lipinski definition) is 4. The highest BCUT2D eigenvalue weighted by Crippen LogP contribution is 2.17. The van der Waals surface area contributed by atoms with Gasteiger partial charge in [0, 0.05) is 13.5 Å². The van der Waals surface area contributed by atoms with E-state index in [4.69, 9.17) is 5.73 Å². The smallest absolute Gasteiger partial charge is 0.315 e. The van der Waals surface area contributed by atoms with E-state index in [0.717, 1.165) is 6.42 Å². The predicted molar refractivity (Wildman–Crippen MR) is 51.0 cm³/mol. The first-order valence-electron chi connectivity index (χ1n) is 4.74. The molecule has 0 bridgehead atoms. The van der Waals surface area contributed by atoms with E-state index in [1.54, 1.807) is 0 Å². The molecule has 1 rings (SSSR count). The molecule has 1 heterocycles. The summed E-state index contributed by atoms with van der Waals surface area (Å²) in [5.41, 5.74) is 5.11. The highest BCUT2D eigenvalue weighted by molar-refractivity contribution is 5.90. The fourth-order valence-electron chi connectivity index (χ4n) is 1.63. The van der Waals surface area contributed by atoms with Crippen molar-refractivity contribution in [2.45, 2.75) is 25.8 Å². The van der Waals surface area contributed by atoms with E-state index in [2.05, 4.69) is 4.74 Å². The average Bonchev–Trinajstić information content (AvgIpc) is 2.62. The topological polar surface area (TPSA) is 89.7 Å². The van der Waals surface area contributed by atoms with Crippen LogP contribution in [0.15, 0.2) is 0 Å². The summed E-state index contributed by atoms with van der Waals surface area (Å²) in [6.45, 7) is 1.43. The van der Waals surface area contributed by atoms with Crippen LogP contribution in [0.3, 0.4) is 0 Å². The molecule has 0 aromatic carbocycles. The summed E-state index contributed by atoms with van der Waals surface area (Å²) in [5.74, 6) is -0.784. The summed E-state index contributed by atoms with van der Waals surface area (Å²) < 4.78 is 4.58. The van der Waals surface area contributed by atoms with Crippen molar-refractivity contribution < 1.29 is 19.1 Å². The average molecular weight is 214 g/mol. The molecule has 0 aromatic heterocycles. The number of esters is 1. The second-order valence-electron chi connectivity index (χ2n) is 3.44. The van der Waals surface area contributed by atoms with Gasteiger partial charge >= 0.3 is 12.0 Å². The molecule has 1 fully saturated rings. The normalized spacial score (nSPS) is 20.1. The van der Waals surface area contributed by atoms with Crippen LogP contribution in [0.4, 0.5) is 4.79 Å². The molecule has 0 spiro atoms. The van der Waals surface area contributed by atoms with Crippen molar-refractivity contribution in [3.05, 3.63) is 0 Å². The molecule has 1 aliphatic heterocycles. The van der Waals surface area contributed by atoms with Crippen molar-refractivity contribution >= 4 is 17.8 Å². The van der Waals surface area contributed by atoms with Gasteiger partial charge in [0.25, 0.3) is 0 Å². The molecule has 0 aliphatic carbocycles. The summed E-state index contributed by atoms with van der Waals surface area (Å²) in [6, 6.07) is -1.13. The van der Waals surface area contributed by atoms with Gasteiger partial charge in [-0.3, -0.25) is 9.59 Å². The number of Topliss-reactive ketones (excluding diaryl/α,β-unsaturated/α-hetero) is 1. The quantitative estimate of drug-likeness (QED) is 0.651. The van der Waals surface area contributed by atoms with E-state index in [0.29, 0.717) is 13.0 Å². The van der Waals surface area contributed by atoms with Crippen LogP contribution in [0.25, 0.3) is 0 Å². The minimum atomic E-state index is -0.603. The Morgan fingerprint density at radius 3 is 2.67 bits per heavy atom. The maximum atomic E-state index is 11.5. The van der Waals surface area contributed by atoms with Crippen LogP contribution in [0.1, 0.15) is 19.8 Å². The van der Waals surface area contributed by atoms with Gasteiger partial charge in [-0.25, -0.2) is 4.79 Å². The Bertz CT molecular complexity index is 290. The number of ketones is 1. The van der Waals surface area contributed by atoms with E-state index >= 15 is 0 Å². The van der Waals surface area contributed by atoms with Gasteiger partial charge in [-0.05, 0) is 12.8 Å². The zero-order valence-electron chi connectivity index (χ0n) is 8.56. The van der Waals surface area contributed by atoms with Gasteiger partial charge in [0.15, 0.2) is 12.4 Å². The van der Waals surface area contributed by atoms with Gasteiger partial charge in [0.1, 0.15) is 0 Å². The molecule has 0 aromatic rings. The summed E-state index contributed by atoms with van der Waals surface area (Å²) >= 11 is 0. The Morgan fingerprint density at radius 2 is 2.13 bits per heavy atom. The predicted octanol–water partition coefficient (Wildman–Crippen LogP) is -0.338. The van der Waals surface area contributed by atoms with Crippen molar-refractivity contribution in [3.8, 4) is 0 Å². The van der Waals surface area contributed by atoms with Crippen molar-refractivity contribution in [2.75, 3.05) is 13.2 Å². The standard InChI is InChI=1S/C9H14N2O4/c1-6(12)15-5-8(13)7-3-2-4-11(7)9(10)14/h7H,2-5H2,1H3,(H2,10,14)/t7-/m0/s1. The van der Waals surface area contributed by atoms with Gasteiger partial charge in [-0.15, -0.1) is 0 Å². The Kier molecular flexibility index (Phi) is 3.65. The SMILES string of the molecule is CC(=O)OCC(=O)[C@@H]1CCCN1C(N)=O. The molecule has 2 N–H and O–H groups in total. The fourth-order valence-corrected chi connectivity index (χ4v) is 1.63. The third-order valence-electron chi connectivity index (χ3n) is 2.33. The molecule has 0 radical (unpaired) electrons. The van der Waals surface area contributed by atoms with Crippen LogP contribution >= 0.6 is 0 Å². The van der Waals surface area contributed by atoms with Crippen LogP contribution in [0, 0.1) is 0 Å². The molecular weight excluding hydrogens is 200 g/mol. The lowest BCUT2D eigenvalue weighted by molar-refractivity contribution is -0.146. The van der Waals surface area contributed by atoms with Crippen LogP contribution in [-0.2, 0) is 14.3 Å². The van der Waals surface area contributed by atoms with Crippen LogP contribution in [0.5, 0.6) is 0 Å². The number of hydrogen-bond donors (Lipinski definition) is 1. The summed E-state index contributed by atoms with van der Waals surface area (Å²) in [5, 5.41) is 0. The second kappa shape index (κ2) is 4.77. The number of ether oxygens (including phenoxy) is 1. The van der Waals surface area contributed by atoms with Crippen LogP contribution in [-0.4, -0.2) is 41.9 Å². The third kappa shape index (κ3) is 2.93. The van der Waals surface area contributed by atoms with E-state index in [1.807, 2.05) is 0 Å². The van der Waals surface area contributed by atoms with Gasteiger partial charge in [-0.1, -0.05) is 0 Å². The molecule has 0 unspecified atom stereocenters. The zero-order valence-corrected chi connectivity index (χ0v) is 8.56. The van der Waals surface area contributed by atoms with Gasteiger partial charge in [0.2, 0.25) is 0 Å². The maximum absolute atomic E-state index is 11.5. The molecular formula is C9H14N2O4. The van der Waals surface area contributed by atoms with Gasteiger partial charge in [-0.2, -0.15) is 0 Å². The molecule has 6 nitrogen and oxygen atoms in total. The van der Waals surface area contributed by atoms with Gasteiger partial charge < -0.3 is 15.4 Å². The first-order valence-corrected chi connectivity index (χ1v) is 4.74. The zero-order chi connectivity index (χ0) is 11.4. The van der Waals surface area contributed by atoms with Crippen molar-refractivity contribution in [1.29, 1.82) is 0 Å². The molecule has 1 saturated heterocycles. The number of likely N-dealkylation sites (tertiary alicyclic amines) is 1. The molecule has 84 valence electrons. The molecule has 1 atom stereocenters. The van der Waals surface area contributed by atoms with E-state index in [9.17, 15) is 14.4 Å². The monoisotopic (exact) mass is 214 g/mol. The fraction of sp³-hybridized carbons (Fsp3) is 0.667. The minimum absolute atomic E-state index is 0.276. The number of amides is 2. The number of carbonyl (C=O) groups is 3. The molecule has 15 heavy (non-hydrogen) atoms. The molecule has 6 heteroatoms. The number of carbonyl (C=O) groups excluding carboxylic acids is 3. The van der Waals surface area contributed by atoms with E-state index < -0.39 is 18.0 Å². The van der Waals surface area contributed by atoms with E-state index in [1.165, 1.54) is 11.8 Å². The highest BCUT2D eigenvalue weighted by Gasteiger charge is 2.32. The van der Waals surface area contributed by atoms with Crippen LogP contribution < -0.4 is 5.73 Å². The second-order valence-corrected chi connectivity index (χ2v) is 3.44. The van der Waals surface area contributed by atoms with E-state index in [-0.39, 0.29) is 12.4 Å². The lowest BCUT2D eigenvalue weighted by Gasteiger charge is -2.20. The summed E-state index contributed by atoms with van der Waals surface area (Å²) in [4.78, 5) is 34.3. The van der Waals surface area contributed by atoms with Crippen molar-refractivity contribution in [3.63, 3.8) is 0 Å². The number of nitrogens with two attached hydrogens (primary N) is 1. The van der Waals surface area contributed by atoms with Crippen LogP contribution in [0.2, 0.25) is 0 Å². The lowest BCUT2D eigenvalue weighted by Crippen LogP contribution is -2.44. The largest absolute Gasteiger partial charge is 0.458 e. The number of primary amides is 1. The minimum Gasteiger partial charge on any atom is -0.458 e. The molecule has 0 saturated carbocycles. The maximum Gasteiger partial charge on any atom is 0.315 e. The lowest BCUT2D eigenvalue weighted by atomic mass is 10.1. The Balaban J connectivity index is 2.51. The molecule has 2 amide bonds. The number of nitrogens with zero attached hydrogens (tertiary/aromatic N) is 1. The Morgan fingerprint density at radius 1 is 1.47 bits per heavy atom. The Hall–Kier alpha value is -1.59. The van der Waals surface area contributed by atoms with Crippen molar-refractivity contribution in [1.82, 2.24) is 4.90 Å². The summed E-state index contributed by atoms with van der Waals surface area (Å²) in [6.07, 6.45) is 1.34. The first-order chi connectivity index (χ1) is 7.02. The number of urea groups is 1. The number of rotatable bonds is 3. The molecule has 1 aliphatic rings. The summed E-state index contributed by atoms with van der Waals surface area (Å²) in [7, 11) is 0. The van der Waals surface area contributed by atoms with Crippen molar-refractivity contribution in [2.24, 2.45) is 5.73 Å². The Labute approximate surface area is 87.4 Å². The van der Waals surface area contributed by atoms with Gasteiger partial charge in [0.05, 0.1) is 6.04 Å². The first kappa shape index (κ1) is 11.5. The highest BCUT2D eigenvalue weighted by atomic mass is 16.5.